The molecule has 5 heterocycles. The van der Waals surface area contributed by atoms with Gasteiger partial charge in [-0.2, -0.15) is 5.10 Å². The predicted molar refractivity (Wildman–Crippen MR) is 99.9 cm³/mol. The zero-order chi connectivity index (χ0) is 19.3. The van der Waals surface area contributed by atoms with Crippen LogP contribution >= 0.6 is 0 Å². The standard InChI is InChI=1S/C19H19FN6O2/c20-12-9-13-15-3-1-7-25(15)16-4-8-26-17(23-16)14(10-22-26)18(27)21-5-2-6-24(11-12)19(13)28/h4,8-11,15H,1-3,5-7H2,(H,21,27). The molecule has 1 atom stereocenters. The normalized spacial score (nSPS) is 19.5. The Balaban J connectivity index is 1.70. The number of rotatable bonds is 0. The Morgan fingerprint density at radius 2 is 2.11 bits per heavy atom. The molecule has 1 unspecified atom stereocenters. The number of aryl methyl sites for hydroxylation is 1. The van der Waals surface area contributed by atoms with Crippen molar-refractivity contribution in [2.45, 2.75) is 31.8 Å². The van der Waals surface area contributed by atoms with Gasteiger partial charge >= 0.3 is 0 Å². The maximum Gasteiger partial charge on any atom is 0.256 e. The van der Waals surface area contributed by atoms with Crippen molar-refractivity contribution in [1.29, 1.82) is 0 Å². The smallest absolute Gasteiger partial charge is 0.256 e. The Morgan fingerprint density at radius 3 is 3.00 bits per heavy atom. The van der Waals surface area contributed by atoms with Gasteiger partial charge < -0.3 is 14.8 Å². The number of carbonyl (C=O) groups is 1. The van der Waals surface area contributed by atoms with Crippen LogP contribution in [0, 0.1) is 5.82 Å². The lowest BCUT2D eigenvalue weighted by Gasteiger charge is -2.26. The molecule has 1 N–H and O–H groups in total. The first kappa shape index (κ1) is 16.9. The van der Waals surface area contributed by atoms with Crippen LogP contribution in [0.4, 0.5) is 10.2 Å². The molecule has 2 aliphatic heterocycles. The van der Waals surface area contributed by atoms with Gasteiger partial charge in [0.15, 0.2) is 5.65 Å². The number of amides is 1. The van der Waals surface area contributed by atoms with Gasteiger partial charge in [-0.25, -0.2) is 13.9 Å². The number of carbonyl (C=O) groups excluding carboxylic acids is 1. The number of hydrogen-bond acceptors (Lipinski definition) is 5. The molecule has 4 bridgehead atoms. The molecule has 0 radical (unpaired) electrons. The van der Waals surface area contributed by atoms with Crippen molar-refractivity contribution in [1.82, 2.24) is 24.5 Å². The first-order valence-corrected chi connectivity index (χ1v) is 9.41. The fraction of sp³-hybridized carbons (Fsp3) is 0.368. The van der Waals surface area contributed by atoms with E-state index >= 15 is 0 Å². The Labute approximate surface area is 159 Å². The topological polar surface area (TPSA) is 84.5 Å². The van der Waals surface area contributed by atoms with Crippen LogP contribution in [0.25, 0.3) is 5.65 Å². The molecule has 5 rings (SSSR count). The minimum atomic E-state index is -0.431. The van der Waals surface area contributed by atoms with Crippen molar-refractivity contribution < 1.29 is 9.18 Å². The van der Waals surface area contributed by atoms with Crippen LogP contribution in [0.15, 0.2) is 35.5 Å². The van der Waals surface area contributed by atoms with Crippen molar-refractivity contribution in [3.63, 3.8) is 0 Å². The van der Waals surface area contributed by atoms with Crippen LogP contribution in [0.5, 0.6) is 0 Å². The van der Waals surface area contributed by atoms with E-state index in [4.69, 9.17) is 0 Å². The molecule has 144 valence electrons. The van der Waals surface area contributed by atoms with Crippen LogP contribution in [-0.4, -0.2) is 38.2 Å². The van der Waals surface area contributed by atoms with Crippen LogP contribution < -0.4 is 15.8 Å². The SMILES string of the molecule is O=C1NCCCn2cc(F)cc(c2=O)C2CCCN2c2ccn3ncc1c3n2. The Bertz CT molecular complexity index is 1140. The molecular weight excluding hydrogens is 363 g/mol. The maximum atomic E-state index is 14.3. The molecule has 2 aliphatic rings. The number of fused-ring (bicyclic) bond motifs is 6. The average Bonchev–Trinajstić information content (AvgIpc) is 3.33. The monoisotopic (exact) mass is 382 g/mol. The molecule has 9 heteroatoms. The summed E-state index contributed by atoms with van der Waals surface area (Å²) < 4.78 is 17.2. The van der Waals surface area contributed by atoms with Crippen LogP contribution in [0.1, 0.15) is 41.2 Å². The molecule has 0 aromatic carbocycles. The maximum absolute atomic E-state index is 14.3. The summed E-state index contributed by atoms with van der Waals surface area (Å²) in [4.78, 5) is 32.2. The highest BCUT2D eigenvalue weighted by molar-refractivity contribution is 5.99. The number of aromatic nitrogens is 4. The van der Waals surface area contributed by atoms with E-state index < -0.39 is 5.82 Å². The lowest BCUT2D eigenvalue weighted by atomic mass is 10.1. The summed E-state index contributed by atoms with van der Waals surface area (Å²) in [7, 11) is 0. The summed E-state index contributed by atoms with van der Waals surface area (Å²) in [6, 6.07) is 2.91. The lowest BCUT2D eigenvalue weighted by molar-refractivity contribution is 0.0954. The fourth-order valence-corrected chi connectivity index (χ4v) is 4.12. The van der Waals surface area contributed by atoms with Crippen LogP contribution in [0.2, 0.25) is 0 Å². The molecule has 0 spiro atoms. The van der Waals surface area contributed by atoms with Crippen LogP contribution in [-0.2, 0) is 6.54 Å². The summed E-state index contributed by atoms with van der Waals surface area (Å²) in [6.07, 6.45) is 6.63. The van der Waals surface area contributed by atoms with E-state index in [1.165, 1.54) is 23.0 Å². The van der Waals surface area contributed by atoms with Crippen molar-refractivity contribution >= 4 is 17.4 Å². The third-order valence-electron chi connectivity index (χ3n) is 5.45. The fourth-order valence-electron chi connectivity index (χ4n) is 4.12. The van der Waals surface area contributed by atoms with E-state index in [1.54, 1.807) is 10.7 Å². The molecular formula is C19H19FN6O2. The van der Waals surface area contributed by atoms with Crippen LogP contribution in [0.3, 0.4) is 0 Å². The number of nitrogens with one attached hydrogen (secondary N) is 1. The van der Waals surface area contributed by atoms with Crippen molar-refractivity contribution in [3.05, 3.63) is 58.0 Å². The summed E-state index contributed by atoms with van der Waals surface area (Å²) >= 11 is 0. The summed E-state index contributed by atoms with van der Waals surface area (Å²) in [5, 5.41) is 7.03. The second-order valence-corrected chi connectivity index (χ2v) is 7.19. The van der Waals surface area contributed by atoms with Gasteiger partial charge in [0.2, 0.25) is 0 Å². The Hall–Kier alpha value is -3.23. The van der Waals surface area contributed by atoms with E-state index in [9.17, 15) is 14.0 Å². The molecule has 3 aromatic rings. The number of pyridine rings is 1. The van der Waals surface area contributed by atoms with E-state index in [0.717, 1.165) is 12.8 Å². The molecule has 1 amide bonds. The number of halogens is 1. The number of nitrogens with zero attached hydrogens (tertiary/aromatic N) is 5. The predicted octanol–water partition coefficient (Wildman–Crippen LogP) is 1.51. The molecule has 8 nitrogen and oxygen atoms in total. The summed E-state index contributed by atoms with van der Waals surface area (Å²) in [5.41, 5.74) is 1.15. The van der Waals surface area contributed by atoms with Crippen molar-refractivity contribution in [3.8, 4) is 0 Å². The molecule has 1 fully saturated rings. The summed E-state index contributed by atoms with van der Waals surface area (Å²) in [5.74, 6) is -0.0437. The molecule has 0 aliphatic carbocycles. The Kier molecular flexibility index (Phi) is 3.88. The molecule has 0 saturated carbocycles. The van der Waals surface area contributed by atoms with Gasteiger partial charge in [0, 0.05) is 37.6 Å². The highest BCUT2D eigenvalue weighted by Crippen LogP contribution is 2.34. The van der Waals surface area contributed by atoms with Gasteiger partial charge in [-0.3, -0.25) is 9.59 Å². The largest absolute Gasteiger partial charge is 0.352 e. The summed E-state index contributed by atoms with van der Waals surface area (Å²) in [6.45, 7) is 1.41. The van der Waals surface area contributed by atoms with Crippen molar-refractivity contribution in [2.75, 3.05) is 18.0 Å². The van der Waals surface area contributed by atoms with Gasteiger partial charge in [0.05, 0.1) is 12.2 Å². The Morgan fingerprint density at radius 1 is 1.21 bits per heavy atom. The van der Waals surface area contributed by atoms with E-state index in [-0.39, 0.29) is 17.5 Å². The van der Waals surface area contributed by atoms with Gasteiger partial charge in [0.1, 0.15) is 17.2 Å². The quantitative estimate of drug-likeness (QED) is 0.637. The van der Waals surface area contributed by atoms with Gasteiger partial charge in [-0.15, -0.1) is 0 Å². The van der Waals surface area contributed by atoms with E-state index in [2.05, 4.69) is 15.4 Å². The minimum absolute atomic E-state index is 0.187. The minimum Gasteiger partial charge on any atom is -0.352 e. The second-order valence-electron chi connectivity index (χ2n) is 7.19. The average molecular weight is 382 g/mol. The molecule has 3 aromatic heterocycles. The highest BCUT2D eigenvalue weighted by Gasteiger charge is 2.31. The molecule has 28 heavy (non-hydrogen) atoms. The zero-order valence-corrected chi connectivity index (χ0v) is 15.1. The van der Waals surface area contributed by atoms with E-state index in [0.29, 0.717) is 48.6 Å². The van der Waals surface area contributed by atoms with Gasteiger partial charge in [-0.1, -0.05) is 0 Å². The number of anilines is 1. The first-order valence-electron chi connectivity index (χ1n) is 9.41. The third kappa shape index (κ3) is 2.65. The zero-order valence-electron chi connectivity index (χ0n) is 15.1. The first-order chi connectivity index (χ1) is 13.6. The highest BCUT2D eigenvalue weighted by atomic mass is 19.1. The molecule has 1 saturated heterocycles. The second kappa shape index (κ2) is 6.43. The van der Waals surface area contributed by atoms with Gasteiger partial charge in [0.25, 0.3) is 11.5 Å². The number of hydrogen-bond donors (Lipinski definition) is 1. The third-order valence-corrected chi connectivity index (χ3v) is 5.45. The van der Waals surface area contributed by atoms with E-state index in [1.807, 2.05) is 11.0 Å². The lowest BCUT2D eigenvalue weighted by Crippen LogP contribution is -2.33. The van der Waals surface area contributed by atoms with Crippen molar-refractivity contribution in [2.24, 2.45) is 0 Å². The van der Waals surface area contributed by atoms with Gasteiger partial charge in [-0.05, 0) is 31.4 Å².